The summed E-state index contributed by atoms with van der Waals surface area (Å²) in [5.41, 5.74) is 0. The van der Waals surface area contributed by atoms with Gasteiger partial charge in [-0.1, -0.05) is 26.2 Å². The van der Waals surface area contributed by atoms with Crippen LogP contribution in [0.1, 0.15) is 84.0 Å². The summed E-state index contributed by atoms with van der Waals surface area (Å²) >= 11 is 0. The number of halogens is 1. The van der Waals surface area contributed by atoms with E-state index in [4.69, 9.17) is 0 Å². The summed E-state index contributed by atoms with van der Waals surface area (Å²) in [6.07, 6.45) is 14.8. The van der Waals surface area contributed by atoms with Crippen LogP contribution >= 0.6 is 0 Å². The highest BCUT2D eigenvalue weighted by atomic mass is 19.1. The second-order valence-corrected chi connectivity index (χ2v) is 9.06. The van der Waals surface area contributed by atoms with E-state index in [9.17, 15) is 4.39 Å². The summed E-state index contributed by atoms with van der Waals surface area (Å²) in [5, 5.41) is 0. The minimum Gasteiger partial charge on any atom is -0.303 e. The monoisotopic (exact) mass is 323 g/mol. The van der Waals surface area contributed by atoms with E-state index < -0.39 is 6.17 Å². The van der Waals surface area contributed by atoms with Crippen LogP contribution < -0.4 is 0 Å². The zero-order chi connectivity index (χ0) is 16.2. The summed E-state index contributed by atoms with van der Waals surface area (Å²) < 4.78 is 13.6. The second-order valence-electron chi connectivity index (χ2n) is 9.06. The SMILES string of the molecule is CC1CCC(C(CC2CCCCN2C)C2CCC(F)CC2)CC1. The number of piperidine rings is 1. The predicted octanol–water partition coefficient (Wildman–Crippen LogP) is 5.83. The van der Waals surface area contributed by atoms with Crippen molar-refractivity contribution in [2.24, 2.45) is 23.7 Å². The summed E-state index contributed by atoms with van der Waals surface area (Å²) in [6.45, 7) is 3.71. The van der Waals surface area contributed by atoms with E-state index in [1.54, 1.807) is 0 Å². The van der Waals surface area contributed by atoms with Crippen molar-refractivity contribution in [3.63, 3.8) is 0 Å². The van der Waals surface area contributed by atoms with Gasteiger partial charge < -0.3 is 4.90 Å². The van der Waals surface area contributed by atoms with E-state index in [0.29, 0.717) is 0 Å². The van der Waals surface area contributed by atoms with Crippen molar-refractivity contribution in [1.82, 2.24) is 4.90 Å². The van der Waals surface area contributed by atoms with Crippen molar-refractivity contribution in [3.05, 3.63) is 0 Å². The first-order chi connectivity index (χ1) is 11.1. The highest BCUT2D eigenvalue weighted by Crippen LogP contribution is 2.44. The molecule has 0 aromatic heterocycles. The molecule has 0 spiro atoms. The molecule has 3 fully saturated rings. The molecular weight excluding hydrogens is 285 g/mol. The van der Waals surface area contributed by atoms with Gasteiger partial charge in [-0.3, -0.25) is 0 Å². The van der Waals surface area contributed by atoms with Gasteiger partial charge in [0.15, 0.2) is 0 Å². The van der Waals surface area contributed by atoms with Crippen molar-refractivity contribution in [3.8, 4) is 0 Å². The predicted molar refractivity (Wildman–Crippen MR) is 96.4 cm³/mol. The normalized spacial score (nSPS) is 41.6. The third kappa shape index (κ3) is 4.71. The molecule has 23 heavy (non-hydrogen) atoms. The maximum absolute atomic E-state index is 13.6. The molecule has 2 aliphatic carbocycles. The molecule has 2 atom stereocenters. The van der Waals surface area contributed by atoms with Crippen molar-refractivity contribution in [2.75, 3.05) is 13.6 Å². The highest BCUT2D eigenvalue weighted by molar-refractivity contribution is 4.88. The summed E-state index contributed by atoms with van der Waals surface area (Å²) in [6, 6.07) is 0.802. The maximum atomic E-state index is 13.6. The molecule has 2 heteroatoms. The van der Waals surface area contributed by atoms with Crippen LogP contribution in [0.2, 0.25) is 0 Å². The van der Waals surface area contributed by atoms with Crippen molar-refractivity contribution in [2.45, 2.75) is 96.2 Å². The fourth-order valence-electron chi connectivity index (χ4n) is 5.75. The van der Waals surface area contributed by atoms with E-state index in [-0.39, 0.29) is 0 Å². The fourth-order valence-corrected chi connectivity index (χ4v) is 5.75. The number of alkyl halides is 1. The van der Waals surface area contributed by atoms with Gasteiger partial charge in [0.2, 0.25) is 0 Å². The average molecular weight is 324 g/mol. The van der Waals surface area contributed by atoms with Gasteiger partial charge in [0.05, 0.1) is 0 Å². The molecule has 0 aromatic carbocycles. The van der Waals surface area contributed by atoms with Crippen LogP contribution in [0.25, 0.3) is 0 Å². The molecule has 0 bridgehead atoms. The fraction of sp³-hybridized carbons (Fsp3) is 1.00. The molecule has 1 nitrogen and oxygen atoms in total. The van der Waals surface area contributed by atoms with E-state index in [2.05, 4.69) is 18.9 Å². The van der Waals surface area contributed by atoms with Crippen LogP contribution in [0.15, 0.2) is 0 Å². The summed E-state index contributed by atoms with van der Waals surface area (Å²) in [4.78, 5) is 2.63. The Hall–Kier alpha value is -0.110. The van der Waals surface area contributed by atoms with Crippen LogP contribution in [-0.4, -0.2) is 30.7 Å². The first kappa shape index (κ1) is 17.7. The third-order valence-corrected chi connectivity index (χ3v) is 7.44. The zero-order valence-electron chi connectivity index (χ0n) is 15.5. The molecule has 3 aliphatic rings. The number of likely N-dealkylation sites (tertiary alicyclic amines) is 1. The Bertz CT molecular complexity index is 320. The quantitative estimate of drug-likeness (QED) is 0.629. The maximum Gasteiger partial charge on any atom is 0.100 e. The molecule has 134 valence electrons. The lowest BCUT2D eigenvalue weighted by molar-refractivity contribution is 0.0624. The van der Waals surface area contributed by atoms with Gasteiger partial charge in [-0.05, 0) is 95.1 Å². The molecule has 2 saturated carbocycles. The smallest absolute Gasteiger partial charge is 0.100 e. The lowest BCUT2D eigenvalue weighted by atomic mass is 9.66. The van der Waals surface area contributed by atoms with Gasteiger partial charge in [-0.2, -0.15) is 0 Å². The Morgan fingerprint density at radius 1 is 0.870 bits per heavy atom. The lowest BCUT2D eigenvalue weighted by Crippen LogP contribution is -2.41. The van der Waals surface area contributed by atoms with Gasteiger partial charge in [-0.25, -0.2) is 4.39 Å². The number of hydrogen-bond acceptors (Lipinski definition) is 1. The standard InChI is InChI=1S/C21H38FN/c1-16-6-8-17(9-7-16)21(18-10-12-19(22)13-11-18)15-20-5-3-4-14-23(20)2/h16-21H,3-15H2,1-2H3. The second kappa shape index (κ2) is 8.32. The average Bonchev–Trinajstić information content (AvgIpc) is 2.56. The van der Waals surface area contributed by atoms with Crippen LogP contribution in [0, 0.1) is 23.7 Å². The molecule has 1 aliphatic heterocycles. The molecule has 0 aromatic rings. The molecular formula is C21H38FN. The molecule has 2 unspecified atom stereocenters. The Morgan fingerprint density at radius 3 is 2.09 bits per heavy atom. The Kier molecular flexibility index (Phi) is 6.40. The minimum atomic E-state index is -0.504. The van der Waals surface area contributed by atoms with Gasteiger partial charge in [0.1, 0.15) is 6.17 Å². The number of hydrogen-bond donors (Lipinski definition) is 0. The molecule has 1 heterocycles. The Labute approximate surface area is 143 Å². The number of nitrogens with zero attached hydrogens (tertiary/aromatic N) is 1. The van der Waals surface area contributed by atoms with Crippen molar-refractivity contribution >= 4 is 0 Å². The molecule has 0 N–H and O–H groups in total. The first-order valence-electron chi connectivity index (χ1n) is 10.5. The lowest BCUT2D eigenvalue weighted by Gasteiger charge is -2.43. The zero-order valence-corrected chi connectivity index (χ0v) is 15.5. The van der Waals surface area contributed by atoms with E-state index in [1.165, 1.54) is 57.9 Å². The molecule has 1 saturated heterocycles. The Balaban J connectivity index is 1.65. The van der Waals surface area contributed by atoms with Gasteiger partial charge in [-0.15, -0.1) is 0 Å². The molecule has 3 rings (SSSR count). The van der Waals surface area contributed by atoms with E-state index in [0.717, 1.165) is 55.4 Å². The van der Waals surface area contributed by atoms with Crippen LogP contribution in [0.4, 0.5) is 4.39 Å². The van der Waals surface area contributed by atoms with Gasteiger partial charge >= 0.3 is 0 Å². The van der Waals surface area contributed by atoms with Crippen molar-refractivity contribution < 1.29 is 4.39 Å². The van der Waals surface area contributed by atoms with E-state index in [1.807, 2.05) is 0 Å². The first-order valence-corrected chi connectivity index (χ1v) is 10.5. The van der Waals surface area contributed by atoms with E-state index >= 15 is 0 Å². The largest absolute Gasteiger partial charge is 0.303 e. The van der Waals surface area contributed by atoms with Gasteiger partial charge in [0.25, 0.3) is 0 Å². The highest BCUT2D eigenvalue weighted by Gasteiger charge is 2.36. The topological polar surface area (TPSA) is 3.24 Å². The summed E-state index contributed by atoms with van der Waals surface area (Å²) in [7, 11) is 2.34. The van der Waals surface area contributed by atoms with Gasteiger partial charge in [0, 0.05) is 6.04 Å². The molecule has 0 radical (unpaired) electrons. The summed E-state index contributed by atoms with van der Waals surface area (Å²) in [5.74, 6) is 3.56. The van der Waals surface area contributed by atoms with Crippen LogP contribution in [0.3, 0.4) is 0 Å². The number of rotatable bonds is 4. The third-order valence-electron chi connectivity index (χ3n) is 7.44. The van der Waals surface area contributed by atoms with Crippen LogP contribution in [0.5, 0.6) is 0 Å². The van der Waals surface area contributed by atoms with Crippen LogP contribution in [-0.2, 0) is 0 Å². The Morgan fingerprint density at radius 2 is 1.48 bits per heavy atom. The molecule has 0 amide bonds. The van der Waals surface area contributed by atoms with Crippen molar-refractivity contribution in [1.29, 1.82) is 0 Å². The minimum absolute atomic E-state index is 0.504.